The predicted octanol–water partition coefficient (Wildman–Crippen LogP) is 5.72. The van der Waals surface area contributed by atoms with E-state index in [0.29, 0.717) is 15.1 Å². The molecule has 100 valence electrons. The average molecular weight is 380 g/mol. The molecule has 1 nitrogen and oxygen atoms in total. The molecule has 0 bridgehead atoms. The van der Waals surface area contributed by atoms with Crippen LogP contribution in [0.3, 0.4) is 0 Å². The fourth-order valence-electron chi connectivity index (χ4n) is 1.94. The van der Waals surface area contributed by atoms with Crippen molar-refractivity contribution in [3.63, 3.8) is 0 Å². The van der Waals surface area contributed by atoms with Gasteiger partial charge in [-0.05, 0) is 52.3 Å². The lowest BCUT2D eigenvalue weighted by Crippen LogP contribution is -2.18. The second-order valence-electron chi connectivity index (χ2n) is 4.04. The number of hydrogen-bond acceptors (Lipinski definition) is 1. The average Bonchev–Trinajstić information content (AvgIpc) is 2.39. The lowest BCUT2D eigenvalue weighted by atomic mass is 9.99. The summed E-state index contributed by atoms with van der Waals surface area (Å²) in [5.74, 6) is 0. The Bertz CT molecular complexity index is 601. The van der Waals surface area contributed by atoms with Gasteiger partial charge in [-0.3, -0.25) is 0 Å². The van der Waals surface area contributed by atoms with E-state index in [-0.39, 0.29) is 6.04 Å². The summed E-state index contributed by atoms with van der Waals surface area (Å²) in [6.07, 6.45) is 0. The summed E-state index contributed by atoms with van der Waals surface area (Å²) in [6, 6.07) is 11.4. The van der Waals surface area contributed by atoms with Crippen LogP contribution >= 0.6 is 50.7 Å². The van der Waals surface area contributed by atoms with Gasteiger partial charge in [-0.1, -0.05) is 53.0 Å². The first-order valence-electron chi connectivity index (χ1n) is 5.60. The minimum Gasteiger partial charge on any atom is -0.309 e. The Morgan fingerprint density at radius 1 is 1.05 bits per heavy atom. The molecule has 0 aromatic heterocycles. The normalized spacial score (nSPS) is 12.5. The van der Waals surface area contributed by atoms with Crippen LogP contribution in [-0.2, 0) is 0 Å². The predicted molar refractivity (Wildman–Crippen MR) is 86.5 cm³/mol. The highest BCUT2D eigenvalue weighted by atomic mass is 79.9. The van der Waals surface area contributed by atoms with Crippen LogP contribution in [0.2, 0.25) is 15.1 Å². The molecule has 19 heavy (non-hydrogen) atoms. The molecule has 5 heteroatoms. The number of rotatable bonds is 3. The summed E-state index contributed by atoms with van der Waals surface area (Å²) in [6.45, 7) is 0. The third kappa shape index (κ3) is 3.26. The minimum absolute atomic E-state index is 0.0585. The Kier molecular flexibility index (Phi) is 5.15. The first-order chi connectivity index (χ1) is 9.04. The fourth-order valence-corrected chi connectivity index (χ4v) is 2.79. The van der Waals surface area contributed by atoms with E-state index in [0.717, 1.165) is 15.6 Å². The van der Waals surface area contributed by atoms with Gasteiger partial charge >= 0.3 is 0 Å². The van der Waals surface area contributed by atoms with Gasteiger partial charge in [0, 0.05) is 4.47 Å². The third-order valence-corrected chi connectivity index (χ3v) is 4.92. The van der Waals surface area contributed by atoms with Gasteiger partial charge in [0.15, 0.2) is 0 Å². The lowest BCUT2D eigenvalue weighted by Gasteiger charge is -2.19. The van der Waals surface area contributed by atoms with Crippen molar-refractivity contribution in [2.75, 3.05) is 7.05 Å². The molecular formula is C14H11BrCl3N. The van der Waals surface area contributed by atoms with Gasteiger partial charge in [-0.25, -0.2) is 0 Å². The van der Waals surface area contributed by atoms with Gasteiger partial charge in [0.25, 0.3) is 0 Å². The molecule has 0 spiro atoms. The molecule has 1 N–H and O–H groups in total. The molecule has 0 heterocycles. The second-order valence-corrected chi connectivity index (χ2v) is 6.08. The van der Waals surface area contributed by atoms with Crippen LogP contribution in [0, 0.1) is 0 Å². The Hall–Kier alpha value is -0.250. The molecule has 0 saturated carbocycles. The summed E-state index contributed by atoms with van der Waals surface area (Å²) >= 11 is 21.9. The van der Waals surface area contributed by atoms with Gasteiger partial charge in [0.1, 0.15) is 0 Å². The van der Waals surface area contributed by atoms with Crippen molar-refractivity contribution in [2.24, 2.45) is 0 Å². The van der Waals surface area contributed by atoms with Crippen molar-refractivity contribution >= 4 is 50.7 Å². The number of nitrogens with one attached hydrogen (secondary N) is 1. The highest BCUT2D eigenvalue weighted by molar-refractivity contribution is 9.10. The van der Waals surface area contributed by atoms with Crippen molar-refractivity contribution in [1.29, 1.82) is 0 Å². The van der Waals surface area contributed by atoms with E-state index in [9.17, 15) is 0 Å². The second kappa shape index (κ2) is 6.47. The largest absolute Gasteiger partial charge is 0.309 e. The maximum atomic E-state index is 6.27. The van der Waals surface area contributed by atoms with E-state index >= 15 is 0 Å². The number of halogens is 4. The molecule has 0 aliphatic rings. The van der Waals surface area contributed by atoms with Crippen LogP contribution in [0.1, 0.15) is 17.2 Å². The van der Waals surface area contributed by atoms with E-state index in [4.69, 9.17) is 34.8 Å². The Morgan fingerprint density at radius 3 is 2.42 bits per heavy atom. The van der Waals surface area contributed by atoms with Crippen LogP contribution in [0.5, 0.6) is 0 Å². The van der Waals surface area contributed by atoms with E-state index < -0.39 is 0 Å². The van der Waals surface area contributed by atoms with Crippen LogP contribution < -0.4 is 5.32 Å². The standard InChI is InChI=1S/C14H11BrCl3N/c1-19-14(8-5-6-10(15)12(17)7-8)9-3-2-4-11(16)13(9)18/h2-7,14,19H,1H3. The molecule has 2 aromatic carbocycles. The molecule has 2 rings (SSSR count). The molecule has 1 atom stereocenters. The van der Waals surface area contributed by atoms with E-state index in [1.807, 2.05) is 37.4 Å². The molecule has 2 aromatic rings. The Labute approximate surface area is 136 Å². The summed E-state index contributed by atoms with van der Waals surface area (Å²) in [5, 5.41) is 5.00. The van der Waals surface area contributed by atoms with Gasteiger partial charge in [-0.2, -0.15) is 0 Å². The summed E-state index contributed by atoms with van der Waals surface area (Å²) < 4.78 is 0.866. The van der Waals surface area contributed by atoms with Gasteiger partial charge < -0.3 is 5.32 Å². The van der Waals surface area contributed by atoms with Crippen molar-refractivity contribution in [3.05, 3.63) is 67.1 Å². The summed E-state index contributed by atoms with van der Waals surface area (Å²) in [4.78, 5) is 0. The maximum absolute atomic E-state index is 6.27. The molecule has 0 aliphatic heterocycles. The number of hydrogen-bond donors (Lipinski definition) is 1. The molecular weight excluding hydrogens is 368 g/mol. The molecule has 0 saturated heterocycles. The smallest absolute Gasteiger partial charge is 0.0643 e. The van der Waals surface area contributed by atoms with Crippen molar-refractivity contribution in [2.45, 2.75) is 6.04 Å². The quantitative estimate of drug-likeness (QED) is 0.719. The highest BCUT2D eigenvalue weighted by Crippen LogP contribution is 2.34. The molecule has 0 fully saturated rings. The molecule has 0 radical (unpaired) electrons. The van der Waals surface area contributed by atoms with Gasteiger partial charge in [-0.15, -0.1) is 0 Å². The van der Waals surface area contributed by atoms with Crippen LogP contribution in [0.15, 0.2) is 40.9 Å². The third-order valence-electron chi connectivity index (χ3n) is 2.86. The first-order valence-corrected chi connectivity index (χ1v) is 7.53. The summed E-state index contributed by atoms with van der Waals surface area (Å²) in [7, 11) is 1.87. The SMILES string of the molecule is CNC(c1ccc(Br)c(Cl)c1)c1cccc(Cl)c1Cl. The highest BCUT2D eigenvalue weighted by Gasteiger charge is 2.17. The zero-order valence-corrected chi connectivity index (χ0v) is 13.9. The molecule has 1 unspecified atom stereocenters. The van der Waals surface area contributed by atoms with Gasteiger partial charge in [0.2, 0.25) is 0 Å². The molecule has 0 amide bonds. The van der Waals surface area contributed by atoms with Crippen molar-refractivity contribution in [3.8, 4) is 0 Å². The lowest BCUT2D eigenvalue weighted by molar-refractivity contribution is 0.692. The monoisotopic (exact) mass is 377 g/mol. The van der Waals surface area contributed by atoms with Crippen molar-refractivity contribution in [1.82, 2.24) is 5.32 Å². The zero-order valence-electron chi connectivity index (χ0n) is 10.1. The zero-order chi connectivity index (χ0) is 14.0. The Balaban J connectivity index is 2.50. The minimum atomic E-state index is -0.0585. The maximum Gasteiger partial charge on any atom is 0.0643 e. The van der Waals surface area contributed by atoms with Crippen LogP contribution in [0.25, 0.3) is 0 Å². The van der Waals surface area contributed by atoms with Crippen LogP contribution in [-0.4, -0.2) is 7.05 Å². The van der Waals surface area contributed by atoms with Gasteiger partial charge in [0.05, 0.1) is 21.1 Å². The Morgan fingerprint density at radius 2 is 1.79 bits per heavy atom. The molecule has 0 aliphatic carbocycles. The fraction of sp³-hybridized carbons (Fsp3) is 0.143. The van der Waals surface area contributed by atoms with E-state index in [1.165, 1.54) is 0 Å². The van der Waals surface area contributed by atoms with Crippen molar-refractivity contribution < 1.29 is 0 Å². The first kappa shape index (κ1) is 15.1. The summed E-state index contributed by atoms with van der Waals surface area (Å²) in [5.41, 5.74) is 1.95. The van der Waals surface area contributed by atoms with Crippen LogP contribution in [0.4, 0.5) is 0 Å². The topological polar surface area (TPSA) is 12.0 Å². The van der Waals surface area contributed by atoms with E-state index in [1.54, 1.807) is 6.07 Å². The number of benzene rings is 2. The van der Waals surface area contributed by atoms with E-state index in [2.05, 4.69) is 21.2 Å².